The molecule has 106 valence electrons. The molecule has 0 unspecified atom stereocenters. The molecule has 0 aliphatic rings. The molecule has 0 radical (unpaired) electrons. The van der Waals surface area contributed by atoms with Gasteiger partial charge in [-0.1, -0.05) is 18.2 Å². The van der Waals surface area contributed by atoms with Crippen LogP contribution in [0.3, 0.4) is 0 Å². The van der Waals surface area contributed by atoms with E-state index in [0.717, 1.165) is 21.1 Å². The van der Waals surface area contributed by atoms with Gasteiger partial charge in [-0.25, -0.2) is 9.78 Å². The largest absolute Gasteiger partial charge is 0.333 e. The quantitative estimate of drug-likeness (QED) is 0.758. The van der Waals surface area contributed by atoms with Crippen molar-refractivity contribution in [3.8, 4) is 10.6 Å². The van der Waals surface area contributed by atoms with E-state index in [4.69, 9.17) is 0 Å². The van der Waals surface area contributed by atoms with Crippen LogP contribution in [-0.4, -0.2) is 11.0 Å². The van der Waals surface area contributed by atoms with Crippen molar-refractivity contribution >= 4 is 34.4 Å². The lowest BCUT2D eigenvalue weighted by Crippen LogP contribution is -2.27. The molecule has 0 aliphatic heterocycles. The molecule has 0 spiro atoms. The molecule has 0 atom stereocenters. The molecule has 21 heavy (non-hydrogen) atoms. The molecule has 4 nitrogen and oxygen atoms in total. The van der Waals surface area contributed by atoms with E-state index in [0.29, 0.717) is 6.54 Å². The standard InChI is InChI=1S/C15H13N3OS2/c19-15(17-10-13-5-2-7-20-13)18-12-4-1-3-11(9-12)14-16-6-8-21-14/h1-9H,10H2,(H2,17,18,19). The average Bonchev–Trinajstić information content (AvgIpc) is 3.19. The molecule has 0 saturated heterocycles. The SMILES string of the molecule is O=C(NCc1cccs1)Nc1cccc(-c2nccs2)c1. The number of carbonyl (C=O) groups excluding carboxylic acids is 1. The zero-order chi connectivity index (χ0) is 14.5. The van der Waals surface area contributed by atoms with E-state index in [-0.39, 0.29) is 6.03 Å². The van der Waals surface area contributed by atoms with Gasteiger partial charge in [-0.05, 0) is 23.6 Å². The molecule has 3 aromatic rings. The molecule has 2 heterocycles. The number of nitrogens with zero attached hydrogens (tertiary/aromatic N) is 1. The third kappa shape index (κ3) is 3.68. The predicted molar refractivity (Wildman–Crippen MR) is 87.7 cm³/mol. The van der Waals surface area contributed by atoms with Crippen molar-refractivity contribution in [2.75, 3.05) is 5.32 Å². The molecule has 0 saturated carbocycles. The normalized spacial score (nSPS) is 10.3. The van der Waals surface area contributed by atoms with E-state index in [1.54, 1.807) is 28.9 Å². The van der Waals surface area contributed by atoms with Gasteiger partial charge in [-0.3, -0.25) is 0 Å². The van der Waals surface area contributed by atoms with Crippen LogP contribution >= 0.6 is 22.7 Å². The third-order valence-corrected chi connectivity index (χ3v) is 4.50. The molecule has 6 heteroatoms. The molecule has 2 amide bonds. The van der Waals surface area contributed by atoms with Gasteiger partial charge in [0.25, 0.3) is 0 Å². The van der Waals surface area contributed by atoms with Crippen LogP contribution in [0.2, 0.25) is 0 Å². The number of aromatic nitrogens is 1. The fourth-order valence-electron chi connectivity index (χ4n) is 1.85. The molecule has 2 N–H and O–H groups in total. The number of benzene rings is 1. The first-order valence-electron chi connectivity index (χ1n) is 6.38. The van der Waals surface area contributed by atoms with Crippen LogP contribution in [0.15, 0.2) is 53.4 Å². The first kappa shape index (κ1) is 13.8. The summed E-state index contributed by atoms with van der Waals surface area (Å²) in [5.41, 5.74) is 1.76. The zero-order valence-corrected chi connectivity index (χ0v) is 12.7. The Bertz CT molecular complexity index is 708. The van der Waals surface area contributed by atoms with Crippen LogP contribution < -0.4 is 10.6 Å². The van der Waals surface area contributed by atoms with Crippen LogP contribution in [0.5, 0.6) is 0 Å². The molecule has 0 bridgehead atoms. The van der Waals surface area contributed by atoms with Crippen molar-refractivity contribution in [1.82, 2.24) is 10.3 Å². The number of amides is 2. The Kier molecular flexibility index (Phi) is 4.28. The van der Waals surface area contributed by atoms with Gasteiger partial charge in [0.05, 0.1) is 6.54 Å². The molecule has 0 fully saturated rings. The molecule has 1 aromatic carbocycles. The van der Waals surface area contributed by atoms with Crippen molar-refractivity contribution in [1.29, 1.82) is 0 Å². The highest BCUT2D eigenvalue weighted by Crippen LogP contribution is 2.24. The van der Waals surface area contributed by atoms with Gasteiger partial charge in [0.1, 0.15) is 5.01 Å². The number of urea groups is 1. The topological polar surface area (TPSA) is 54.0 Å². The lowest BCUT2D eigenvalue weighted by molar-refractivity contribution is 0.252. The highest BCUT2D eigenvalue weighted by Gasteiger charge is 2.05. The Labute approximate surface area is 130 Å². The smallest absolute Gasteiger partial charge is 0.319 e. The fraction of sp³-hybridized carbons (Fsp3) is 0.0667. The van der Waals surface area contributed by atoms with Gasteiger partial charge in [0.15, 0.2) is 0 Å². The Morgan fingerprint density at radius 2 is 2.10 bits per heavy atom. The van der Waals surface area contributed by atoms with Crippen LogP contribution in [0.25, 0.3) is 10.6 Å². The molecule has 0 aliphatic carbocycles. The minimum absolute atomic E-state index is 0.209. The minimum atomic E-state index is -0.209. The maximum atomic E-state index is 11.9. The first-order valence-corrected chi connectivity index (χ1v) is 8.14. The number of rotatable bonds is 4. The van der Waals surface area contributed by atoms with Gasteiger partial charge >= 0.3 is 6.03 Å². The Morgan fingerprint density at radius 3 is 2.86 bits per heavy atom. The lowest BCUT2D eigenvalue weighted by atomic mass is 10.2. The van der Waals surface area contributed by atoms with Gasteiger partial charge < -0.3 is 10.6 Å². The van der Waals surface area contributed by atoms with Crippen molar-refractivity contribution in [3.05, 3.63) is 58.2 Å². The maximum Gasteiger partial charge on any atom is 0.319 e. The fourth-order valence-corrected chi connectivity index (χ4v) is 3.13. The molecule has 2 aromatic heterocycles. The van der Waals surface area contributed by atoms with Crippen LogP contribution in [0.1, 0.15) is 4.88 Å². The second-order valence-electron chi connectivity index (χ2n) is 4.31. The molecular formula is C15H13N3OS2. The summed E-state index contributed by atoms with van der Waals surface area (Å²) in [6.07, 6.45) is 1.77. The van der Waals surface area contributed by atoms with Gasteiger partial charge in [0.2, 0.25) is 0 Å². The highest BCUT2D eigenvalue weighted by atomic mass is 32.1. The maximum absolute atomic E-state index is 11.9. The van der Waals surface area contributed by atoms with E-state index in [2.05, 4.69) is 15.6 Å². The van der Waals surface area contributed by atoms with Crippen molar-refractivity contribution in [2.24, 2.45) is 0 Å². The number of thiophene rings is 1. The van der Waals surface area contributed by atoms with Crippen LogP contribution in [0, 0.1) is 0 Å². The summed E-state index contributed by atoms with van der Waals surface area (Å²) >= 11 is 3.20. The van der Waals surface area contributed by atoms with Gasteiger partial charge in [-0.15, -0.1) is 22.7 Å². The van der Waals surface area contributed by atoms with E-state index in [1.807, 2.05) is 47.2 Å². The number of carbonyl (C=O) groups is 1. The number of thiazole rings is 1. The summed E-state index contributed by atoms with van der Waals surface area (Å²) in [7, 11) is 0. The van der Waals surface area contributed by atoms with Crippen molar-refractivity contribution in [3.63, 3.8) is 0 Å². The van der Waals surface area contributed by atoms with E-state index in [1.165, 1.54) is 0 Å². The third-order valence-electron chi connectivity index (χ3n) is 2.80. The monoisotopic (exact) mass is 315 g/mol. The summed E-state index contributed by atoms with van der Waals surface area (Å²) in [5.74, 6) is 0. The second kappa shape index (κ2) is 6.51. The van der Waals surface area contributed by atoms with Crippen LogP contribution in [-0.2, 0) is 6.54 Å². The number of hydrogen-bond donors (Lipinski definition) is 2. The summed E-state index contributed by atoms with van der Waals surface area (Å²) in [6.45, 7) is 0.537. The molecule has 3 rings (SSSR count). The Hall–Kier alpha value is -2.18. The van der Waals surface area contributed by atoms with Gasteiger partial charge in [-0.2, -0.15) is 0 Å². The summed E-state index contributed by atoms with van der Waals surface area (Å²) < 4.78 is 0. The average molecular weight is 315 g/mol. The van der Waals surface area contributed by atoms with E-state index >= 15 is 0 Å². The van der Waals surface area contributed by atoms with Crippen LogP contribution in [0.4, 0.5) is 10.5 Å². The second-order valence-corrected chi connectivity index (χ2v) is 6.23. The predicted octanol–water partition coefficient (Wildman–Crippen LogP) is 4.19. The summed E-state index contributed by atoms with van der Waals surface area (Å²) in [6, 6.07) is 11.4. The van der Waals surface area contributed by atoms with E-state index in [9.17, 15) is 4.79 Å². The summed E-state index contributed by atoms with van der Waals surface area (Å²) in [5, 5.41) is 10.5. The number of anilines is 1. The highest BCUT2D eigenvalue weighted by molar-refractivity contribution is 7.13. The van der Waals surface area contributed by atoms with Crippen molar-refractivity contribution < 1.29 is 4.79 Å². The van der Waals surface area contributed by atoms with E-state index < -0.39 is 0 Å². The first-order chi connectivity index (χ1) is 10.3. The lowest BCUT2D eigenvalue weighted by Gasteiger charge is -2.07. The molecular weight excluding hydrogens is 302 g/mol. The summed E-state index contributed by atoms with van der Waals surface area (Å²) in [4.78, 5) is 17.3. The zero-order valence-electron chi connectivity index (χ0n) is 11.1. The van der Waals surface area contributed by atoms with Crippen molar-refractivity contribution in [2.45, 2.75) is 6.54 Å². The van der Waals surface area contributed by atoms with Gasteiger partial charge in [0, 0.05) is 27.7 Å². The Balaban J connectivity index is 1.62. The number of hydrogen-bond acceptors (Lipinski definition) is 4. The Morgan fingerprint density at radius 1 is 1.14 bits per heavy atom. The number of nitrogens with one attached hydrogen (secondary N) is 2. The minimum Gasteiger partial charge on any atom is -0.333 e.